The molecule has 16 nitrogen and oxygen atoms in total. The summed E-state index contributed by atoms with van der Waals surface area (Å²) in [5.41, 5.74) is 8.55. The monoisotopic (exact) mass is 1060 g/mol. The van der Waals surface area contributed by atoms with Crippen molar-refractivity contribution in [1.29, 1.82) is 0 Å². The molecule has 2 fully saturated rings. The van der Waals surface area contributed by atoms with Crippen molar-refractivity contribution in [1.82, 2.24) is 40.6 Å². The highest BCUT2D eigenvalue weighted by Crippen LogP contribution is 2.41. The second kappa shape index (κ2) is 20.3. The number of likely N-dealkylation sites (tertiary alicyclic amines) is 1. The highest BCUT2D eigenvalue weighted by Gasteiger charge is 2.46. The smallest absolute Gasteiger partial charge is 0.287 e. The number of benzene rings is 2. The number of amides is 4. The molecule has 4 amide bonds. The molecular formula is C55H60ClN9O7S2. The third kappa shape index (κ3) is 10.2. The lowest BCUT2D eigenvalue weighted by Gasteiger charge is -2.37. The van der Waals surface area contributed by atoms with Crippen LogP contribution in [0.25, 0.3) is 15.4 Å². The molecule has 1 saturated heterocycles. The number of nitrogens with one attached hydrogen (secondary N) is 3. The van der Waals surface area contributed by atoms with E-state index in [1.54, 1.807) is 28.7 Å². The maximum atomic E-state index is 14.4. The molecule has 74 heavy (non-hydrogen) atoms. The Morgan fingerprint density at radius 1 is 0.959 bits per heavy atom. The second-order valence-corrected chi connectivity index (χ2v) is 23.5. The van der Waals surface area contributed by atoms with Gasteiger partial charge in [-0.3, -0.25) is 28.7 Å². The number of fused-ring (bicyclic) bond motifs is 4. The van der Waals surface area contributed by atoms with E-state index in [2.05, 4.69) is 45.0 Å². The number of β-amino-alcohol motifs (C(OH)–C–C–N with tert-alkyl or cyclic N) is 1. The Kier molecular flexibility index (Phi) is 14.0. The molecule has 3 aromatic heterocycles. The molecular weight excluding hydrogens is 998 g/mol. The highest BCUT2D eigenvalue weighted by molar-refractivity contribution is 7.15. The van der Waals surface area contributed by atoms with Crippen LogP contribution in [0.2, 0.25) is 5.02 Å². The Morgan fingerprint density at radius 2 is 1.69 bits per heavy atom. The number of aliphatic hydroxyl groups is 1. The number of nitrogens with zero attached hydrogens (tertiary/aromatic N) is 6. The first-order valence-electron chi connectivity index (χ1n) is 25.0. The molecule has 5 aliphatic rings. The molecule has 6 atom stereocenters. The van der Waals surface area contributed by atoms with E-state index in [1.807, 2.05) is 112 Å². The Morgan fingerprint density at radius 3 is 2.39 bits per heavy atom. The van der Waals surface area contributed by atoms with Crippen molar-refractivity contribution in [3.63, 3.8) is 0 Å². The Bertz CT molecular complexity index is 3160. The van der Waals surface area contributed by atoms with Gasteiger partial charge in [0.1, 0.15) is 46.9 Å². The van der Waals surface area contributed by atoms with E-state index in [0.29, 0.717) is 35.9 Å². The van der Waals surface area contributed by atoms with Crippen molar-refractivity contribution >= 4 is 63.6 Å². The van der Waals surface area contributed by atoms with Crippen molar-refractivity contribution < 1.29 is 33.8 Å². The van der Waals surface area contributed by atoms with Crippen molar-refractivity contribution in [2.75, 3.05) is 6.54 Å². The number of allylic oxidation sites excluding steroid dienone is 2. The average molecular weight is 1060 g/mol. The second-order valence-electron chi connectivity index (χ2n) is 21.0. The quantitative estimate of drug-likeness (QED) is 0.0892. The van der Waals surface area contributed by atoms with E-state index in [1.165, 1.54) is 9.78 Å². The van der Waals surface area contributed by atoms with Gasteiger partial charge >= 0.3 is 0 Å². The number of thiazole rings is 1. The number of rotatable bonds is 13. The molecule has 386 valence electrons. The van der Waals surface area contributed by atoms with Crippen LogP contribution >= 0.6 is 34.3 Å². The van der Waals surface area contributed by atoms with Crippen molar-refractivity contribution in [3.8, 4) is 15.4 Å². The summed E-state index contributed by atoms with van der Waals surface area (Å²) in [6, 6.07) is 12.5. The first kappa shape index (κ1) is 51.0. The topological polar surface area (TPSA) is 202 Å². The van der Waals surface area contributed by atoms with Crippen molar-refractivity contribution in [3.05, 3.63) is 139 Å². The summed E-state index contributed by atoms with van der Waals surface area (Å²) >= 11 is 9.51. The molecule has 2 unspecified atom stereocenters. The van der Waals surface area contributed by atoms with Gasteiger partial charge in [0.05, 0.1) is 40.4 Å². The lowest BCUT2D eigenvalue weighted by Crippen LogP contribution is -2.58. The largest absolute Gasteiger partial charge is 0.494 e. The summed E-state index contributed by atoms with van der Waals surface area (Å²) in [5, 5.41) is 30.5. The van der Waals surface area contributed by atoms with Gasteiger partial charge in [0, 0.05) is 59.3 Å². The Hall–Kier alpha value is -6.47. The van der Waals surface area contributed by atoms with Crippen LogP contribution in [0.4, 0.5) is 0 Å². The van der Waals surface area contributed by atoms with Crippen LogP contribution in [0.15, 0.2) is 94.4 Å². The van der Waals surface area contributed by atoms with Gasteiger partial charge in [0.2, 0.25) is 17.7 Å². The molecule has 6 heterocycles. The summed E-state index contributed by atoms with van der Waals surface area (Å²) < 4.78 is 14.6. The molecule has 0 radical (unpaired) electrons. The Labute approximate surface area is 443 Å². The summed E-state index contributed by atoms with van der Waals surface area (Å²) in [4.78, 5) is 69.1. The van der Waals surface area contributed by atoms with Crippen molar-refractivity contribution in [2.24, 2.45) is 10.4 Å². The van der Waals surface area contributed by atoms with Gasteiger partial charge < -0.3 is 35.4 Å². The summed E-state index contributed by atoms with van der Waals surface area (Å²) in [5.74, 6) is 0.554. The zero-order valence-corrected chi connectivity index (χ0v) is 45.0. The predicted molar refractivity (Wildman–Crippen MR) is 284 cm³/mol. The van der Waals surface area contributed by atoms with Crippen LogP contribution in [0.3, 0.4) is 0 Å². The number of ether oxygens (including phenoxy) is 2. The zero-order chi connectivity index (χ0) is 52.3. The summed E-state index contributed by atoms with van der Waals surface area (Å²) in [7, 11) is 0. The van der Waals surface area contributed by atoms with Gasteiger partial charge in [-0.1, -0.05) is 74.8 Å². The fourth-order valence-electron chi connectivity index (χ4n) is 10.3. The summed E-state index contributed by atoms with van der Waals surface area (Å²) in [6.45, 7) is 15.4. The molecule has 0 bridgehead atoms. The maximum absolute atomic E-state index is 14.4. The van der Waals surface area contributed by atoms with E-state index in [9.17, 15) is 24.3 Å². The third-order valence-electron chi connectivity index (χ3n) is 14.6. The average Bonchev–Trinajstić information content (AvgIpc) is 4.19. The minimum atomic E-state index is -1.04. The van der Waals surface area contributed by atoms with Crippen LogP contribution in [0.5, 0.6) is 0 Å². The van der Waals surface area contributed by atoms with Gasteiger partial charge in [-0.25, -0.2) is 4.98 Å². The van der Waals surface area contributed by atoms with E-state index in [4.69, 9.17) is 26.1 Å². The first-order chi connectivity index (χ1) is 35.3. The molecule has 1 saturated carbocycles. The minimum Gasteiger partial charge on any atom is -0.494 e. The minimum absolute atomic E-state index is 0.0452. The molecule has 2 aliphatic carbocycles. The molecule has 10 rings (SSSR count). The van der Waals surface area contributed by atoms with E-state index < -0.39 is 47.6 Å². The molecule has 0 spiro atoms. The van der Waals surface area contributed by atoms with Crippen LogP contribution in [0.1, 0.15) is 116 Å². The molecule has 19 heteroatoms. The number of aliphatic hydroxyl groups excluding tert-OH is 1. The van der Waals surface area contributed by atoms with Gasteiger partial charge in [0.25, 0.3) is 5.91 Å². The lowest BCUT2D eigenvalue weighted by molar-refractivity contribution is -0.144. The number of halogens is 1. The van der Waals surface area contributed by atoms with Crippen LogP contribution in [-0.2, 0) is 28.7 Å². The fraction of sp³-hybridized carbons (Fsp3) is 0.418. The number of carbonyl (C=O) groups excluding carboxylic acids is 4. The van der Waals surface area contributed by atoms with Gasteiger partial charge in [0.15, 0.2) is 11.6 Å². The standard InChI is InChI=1S/C55H60ClN9O7S2/c1-27-30(4)74-54-46(27)47(33-13-16-36(56)17-14-33)60-41(50-63-62-31(5)65(50)54)24-45(67)59-37-20-40(21-37)71-39-18-15-35-19-44(72-43(35)23-39)52(69)61-49(55(6,7)8)53(70)64-25-38(66)22-42(64)51(68)58-28(2)32-9-11-34(12-10-32)48-29(3)57-26-73-48/h9-19,26,28,37-38,40-43,49,66H,20-25H2,1-8H3,(H,58,68)(H,59,67)(H,61,69)/t28-,37?,38+,40?,41-,42-,43?,49?/m0/s1. The van der Waals surface area contributed by atoms with Gasteiger partial charge in [-0.15, -0.1) is 32.9 Å². The fourth-order valence-corrected chi connectivity index (χ4v) is 12.4. The molecule has 3 aliphatic heterocycles. The SMILES string of the molecule is Cc1ncsc1-c1ccc([C@H](C)NC(=O)[C@@H]2C[C@@H](O)CN2C(=O)C(NC(=O)C2=CC3=CC=C(OC4CC(NC(=O)C[C@@H]5N=C(c6ccc(Cl)cc6)c6c(sc(C)c6C)-n6c(C)nnc65)C4)CC3O2)C(C)(C)C)cc1. The number of aliphatic imine (C=N–C) groups is 1. The molecule has 4 N–H and O–H groups in total. The zero-order valence-electron chi connectivity index (χ0n) is 42.6. The van der Waals surface area contributed by atoms with Gasteiger partial charge in [-0.05, 0) is 86.6 Å². The van der Waals surface area contributed by atoms with Crippen molar-refractivity contribution in [2.45, 2.75) is 136 Å². The van der Waals surface area contributed by atoms with Crippen LogP contribution < -0.4 is 16.0 Å². The summed E-state index contributed by atoms with van der Waals surface area (Å²) in [6.07, 6.45) is 5.71. The van der Waals surface area contributed by atoms with Gasteiger partial charge in [-0.2, -0.15) is 0 Å². The van der Waals surface area contributed by atoms with Crippen LogP contribution in [-0.4, -0.2) is 102 Å². The third-order valence-corrected chi connectivity index (χ3v) is 17.0. The normalized spacial score (nSPS) is 22.8. The number of carbonyl (C=O) groups is 4. The maximum Gasteiger partial charge on any atom is 0.287 e. The van der Waals surface area contributed by atoms with E-state index in [0.717, 1.165) is 60.5 Å². The number of aromatic nitrogens is 4. The number of thiophene rings is 1. The Balaban J connectivity index is 0.727. The lowest BCUT2D eigenvalue weighted by atomic mass is 9.85. The first-order valence-corrected chi connectivity index (χ1v) is 27.1. The predicted octanol–water partition coefficient (Wildman–Crippen LogP) is 8.15. The van der Waals surface area contributed by atoms with E-state index >= 15 is 0 Å². The number of aryl methyl sites for hydroxylation is 3. The van der Waals surface area contributed by atoms with Crippen LogP contribution in [0, 0.1) is 33.1 Å². The molecule has 2 aromatic carbocycles. The molecule has 5 aromatic rings. The van der Waals surface area contributed by atoms with E-state index in [-0.39, 0.29) is 55.1 Å². The number of hydrogen-bond donors (Lipinski definition) is 4. The highest BCUT2D eigenvalue weighted by atomic mass is 35.5. The number of hydrogen-bond acceptors (Lipinski definition) is 13.